The lowest BCUT2D eigenvalue weighted by atomic mass is 10.3. The van der Waals surface area contributed by atoms with E-state index in [0.29, 0.717) is 5.69 Å². The van der Waals surface area contributed by atoms with Crippen molar-refractivity contribution in [2.24, 2.45) is 0 Å². The van der Waals surface area contributed by atoms with Crippen molar-refractivity contribution in [3.63, 3.8) is 0 Å². The molecule has 90 valence electrons. The molecular weight excluding hydrogens is 224 g/mol. The van der Waals surface area contributed by atoms with Gasteiger partial charge in [0.15, 0.2) is 0 Å². The third-order valence-electron chi connectivity index (χ3n) is 2.62. The molecule has 0 spiro atoms. The third kappa shape index (κ3) is 3.28. The minimum Gasteiger partial charge on any atom is -0.481 e. The van der Waals surface area contributed by atoms with E-state index in [1.54, 1.807) is 11.3 Å². The van der Waals surface area contributed by atoms with E-state index in [-0.39, 0.29) is 12.5 Å². The maximum absolute atomic E-state index is 10.5. The molecule has 1 heterocycles. The zero-order valence-electron chi connectivity index (χ0n) is 9.93. The molecule has 1 N–H and O–H groups in total. The van der Waals surface area contributed by atoms with Crippen LogP contribution >= 0.6 is 11.3 Å². The van der Waals surface area contributed by atoms with Crippen LogP contribution in [0.25, 0.3) is 0 Å². The van der Waals surface area contributed by atoms with Crippen LogP contribution < -0.4 is 0 Å². The number of carboxylic acids is 1. The van der Waals surface area contributed by atoms with Crippen molar-refractivity contribution in [1.29, 1.82) is 0 Å². The lowest BCUT2D eigenvalue weighted by Crippen LogP contribution is -2.26. The van der Waals surface area contributed by atoms with Gasteiger partial charge in [-0.05, 0) is 20.0 Å². The summed E-state index contributed by atoms with van der Waals surface area (Å²) in [4.78, 5) is 17.2. The molecule has 0 aliphatic rings. The van der Waals surface area contributed by atoms with Gasteiger partial charge in [-0.25, -0.2) is 4.98 Å². The van der Waals surface area contributed by atoms with E-state index in [0.717, 1.165) is 18.1 Å². The van der Waals surface area contributed by atoms with Crippen molar-refractivity contribution >= 4 is 17.3 Å². The summed E-state index contributed by atoms with van der Waals surface area (Å²) in [5.41, 5.74) is 0.659. The van der Waals surface area contributed by atoms with E-state index in [9.17, 15) is 4.79 Å². The number of hydrogen-bond donors (Lipinski definition) is 1. The van der Waals surface area contributed by atoms with Gasteiger partial charge < -0.3 is 5.11 Å². The molecule has 0 bridgehead atoms. The first kappa shape index (κ1) is 13.1. The Morgan fingerprint density at radius 1 is 1.56 bits per heavy atom. The van der Waals surface area contributed by atoms with E-state index in [2.05, 4.69) is 30.7 Å². The van der Waals surface area contributed by atoms with Crippen LogP contribution in [0.2, 0.25) is 0 Å². The molecule has 5 heteroatoms. The standard InChI is InChI=1S/C11H18N2O2S/c1-4-13(5-2)8(3)11-12-9(7-16-11)6-10(14)15/h7-8H,4-6H2,1-3H3,(H,14,15). The van der Waals surface area contributed by atoms with Crippen molar-refractivity contribution in [2.45, 2.75) is 33.2 Å². The number of rotatable bonds is 6. The molecule has 1 aromatic heterocycles. The fraction of sp³-hybridized carbons (Fsp3) is 0.636. The summed E-state index contributed by atoms with van der Waals surface area (Å²) in [6.45, 7) is 8.30. The monoisotopic (exact) mass is 242 g/mol. The maximum Gasteiger partial charge on any atom is 0.309 e. The summed E-state index contributed by atoms with van der Waals surface area (Å²) >= 11 is 1.54. The van der Waals surface area contributed by atoms with Crippen molar-refractivity contribution in [1.82, 2.24) is 9.88 Å². The fourth-order valence-electron chi connectivity index (χ4n) is 1.68. The molecule has 0 radical (unpaired) electrons. The van der Waals surface area contributed by atoms with Gasteiger partial charge in [-0.2, -0.15) is 0 Å². The lowest BCUT2D eigenvalue weighted by molar-refractivity contribution is -0.136. The highest BCUT2D eigenvalue weighted by molar-refractivity contribution is 7.09. The first-order chi connectivity index (χ1) is 7.58. The largest absolute Gasteiger partial charge is 0.481 e. The van der Waals surface area contributed by atoms with E-state index >= 15 is 0 Å². The predicted molar refractivity (Wildman–Crippen MR) is 64.8 cm³/mol. The Labute approximate surface area is 99.9 Å². The molecule has 4 nitrogen and oxygen atoms in total. The Bertz CT molecular complexity index is 348. The minimum atomic E-state index is -0.827. The van der Waals surface area contributed by atoms with Gasteiger partial charge in [-0.15, -0.1) is 11.3 Å². The molecular formula is C11H18N2O2S. The van der Waals surface area contributed by atoms with E-state index in [4.69, 9.17) is 5.11 Å². The van der Waals surface area contributed by atoms with Crippen molar-refractivity contribution < 1.29 is 9.90 Å². The molecule has 16 heavy (non-hydrogen) atoms. The average molecular weight is 242 g/mol. The molecule has 1 unspecified atom stereocenters. The molecule has 0 aliphatic heterocycles. The Kier molecular flexibility index (Phi) is 4.89. The van der Waals surface area contributed by atoms with Gasteiger partial charge in [0.25, 0.3) is 0 Å². The smallest absolute Gasteiger partial charge is 0.309 e. The number of aromatic nitrogens is 1. The SMILES string of the molecule is CCN(CC)C(C)c1nc(CC(=O)O)cs1. The second-order valence-electron chi connectivity index (χ2n) is 3.64. The van der Waals surface area contributed by atoms with Crippen LogP contribution in [0, 0.1) is 0 Å². The van der Waals surface area contributed by atoms with E-state index in [1.807, 2.05) is 5.38 Å². The van der Waals surface area contributed by atoms with Gasteiger partial charge in [-0.3, -0.25) is 9.69 Å². The highest BCUT2D eigenvalue weighted by Crippen LogP contribution is 2.23. The van der Waals surface area contributed by atoms with E-state index < -0.39 is 5.97 Å². The Balaban J connectivity index is 2.72. The third-order valence-corrected chi connectivity index (χ3v) is 3.68. The van der Waals surface area contributed by atoms with Crippen LogP contribution in [0.1, 0.15) is 37.5 Å². The van der Waals surface area contributed by atoms with Crippen LogP contribution in [-0.4, -0.2) is 34.0 Å². The summed E-state index contributed by atoms with van der Waals surface area (Å²) in [5.74, 6) is -0.827. The molecule has 0 saturated heterocycles. The number of nitrogens with zero attached hydrogens (tertiary/aromatic N) is 2. The van der Waals surface area contributed by atoms with Crippen LogP contribution in [-0.2, 0) is 11.2 Å². The first-order valence-corrected chi connectivity index (χ1v) is 6.36. The summed E-state index contributed by atoms with van der Waals surface area (Å²) in [6, 6.07) is 0.266. The zero-order valence-corrected chi connectivity index (χ0v) is 10.8. The number of thiazole rings is 1. The number of carbonyl (C=O) groups is 1. The molecule has 0 aliphatic carbocycles. The van der Waals surface area contributed by atoms with Gasteiger partial charge in [0, 0.05) is 5.38 Å². The Hall–Kier alpha value is -0.940. The van der Waals surface area contributed by atoms with E-state index in [1.165, 1.54) is 0 Å². The molecule has 0 aromatic carbocycles. The predicted octanol–water partition coefficient (Wildman–Crippen LogP) is 2.17. The highest BCUT2D eigenvalue weighted by atomic mass is 32.1. The average Bonchev–Trinajstić information content (AvgIpc) is 2.67. The topological polar surface area (TPSA) is 53.4 Å². The highest BCUT2D eigenvalue weighted by Gasteiger charge is 2.16. The molecule has 1 atom stereocenters. The van der Waals surface area contributed by atoms with Crippen molar-refractivity contribution in [3.8, 4) is 0 Å². The van der Waals surface area contributed by atoms with Gasteiger partial charge in [0.05, 0.1) is 18.2 Å². The van der Waals surface area contributed by atoms with Gasteiger partial charge in [0.1, 0.15) is 5.01 Å². The molecule has 0 saturated carbocycles. The summed E-state index contributed by atoms with van der Waals surface area (Å²) < 4.78 is 0. The number of carboxylic acid groups (broad SMARTS) is 1. The van der Waals surface area contributed by atoms with Crippen LogP contribution in [0.3, 0.4) is 0 Å². The summed E-state index contributed by atoms with van der Waals surface area (Å²) in [5, 5.41) is 11.5. The number of hydrogen-bond acceptors (Lipinski definition) is 4. The first-order valence-electron chi connectivity index (χ1n) is 5.48. The summed E-state index contributed by atoms with van der Waals surface area (Å²) in [6.07, 6.45) is 0.0153. The van der Waals surface area contributed by atoms with Crippen LogP contribution in [0.5, 0.6) is 0 Å². The maximum atomic E-state index is 10.5. The van der Waals surface area contributed by atoms with Gasteiger partial charge in [-0.1, -0.05) is 13.8 Å². The lowest BCUT2D eigenvalue weighted by Gasteiger charge is -2.24. The fourth-order valence-corrected chi connectivity index (χ4v) is 2.59. The minimum absolute atomic E-state index is 0.0153. The Morgan fingerprint density at radius 2 is 2.19 bits per heavy atom. The molecule has 0 amide bonds. The number of aliphatic carboxylic acids is 1. The van der Waals surface area contributed by atoms with Gasteiger partial charge in [0.2, 0.25) is 0 Å². The van der Waals surface area contributed by atoms with Gasteiger partial charge >= 0.3 is 5.97 Å². The van der Waals surface area contributed by atoms with Crippen LogP contribution in [0.4, 0.5) is 0 Å². The summed E-state index contributed by atoms with van der Waals surface area (Å²) in [7, 11) is 0. The van der Waals surface area contributed by atoms with Crippen molar-refractivity contribution in [3.05, 3.63) is 16.1 Å². The van der Waals surface area contributed by atoms with Crippen molar-refractivity contribution in [2.75, 3.05) is 13.1 Å². The second kappa shape index (κ2) is 5.96. The second-order valence-corrected chi connectivity index (χ2v) is 4.53. The Morgan fingerprint density at radius 3 is 2.69 bits per heavy atom. The van der Waals surface area contributed by atoms with Crippen LogP contribution in [0.15, 0.2) is 5.38 Å². The molecule has 1 aromatic rings. The molecule has 1 rings (SSSR count). The normalized spacial score (nSPS) is 13.0. The quantitative estimate of drug-likeness (QED) is 0.830. The molecule has 0 fully saturated rings. The zero-order chi connectivity index (χ0) is 12.1.